The summed E-state index contributed by atoms with van der Waals surface area (Å²) in [4.78, 5) is 83.4. The molecular formula is C56H48O17. The second-order valence-corrected chi connectivity index (χ2v) is 16.9. The summed E-state index contributed by atoms with van der Waals surface area (Å²) in [5, 5.41) is 0. The maximum Gasteiger partial charge on any atom is 0.340 e. The minimum atomic E-state index is -1.88. The van der Waals surface area contributed by atoms with Crippen molar-refractivity contribution in [3.63, 3.8) is 0 Å². The second-order valence-electron chi connectivity index (χ2n) is 16.9. The largest absolute Gasteiger partial charge is 0.459 e. The molecule has 17 nitrogen and oxygen atoms in total. The number of rotatable bonds is 15. The third-order valence-corrected chi connectivity index (χ3v) is 11.9. The van der Waals surface area contributed by atoms with Gasteiger partial charge in [-0.25, -0.2) is 24.0 Å². The van der Waals surface area contributed by atoms with Gasteiger partial charge in [0.1, 0.15) is 31.0 Å². The molecule has 1 unspecified atom stereocenters. The van der Waals surface area contributed by atoms with Crippen molar-refractivity contribution in [2.75, 3.05) is 13.2 Å². The van der Waals surface area contributed by atoms with Crippen LogP contribution in [0.3, 0.4) is 0 Å². The van der Waals surface area contributed by atoms with Crippen LogP contribution in [0, 0.1) is 0 Å². The van der Waals surface area contributed by atoms with Crippen LogP contribution in [0.2, 0.25) is 0 Å². The average molecular weight is 993 g/mol. The standard InChI is InChI=1S/C56H48O17/c1-34(57)65-47-45(68-50(59)36-22-10-3-11-23-36)43-42(33-64-54(71-43)40-30-18-7-19-31-40)66-55(47)72-44-41(32-63-49(58)35-20-8-2-9-21-35)67-56(73-53(62)39-28-16-6-17-29-39)48(70-52(61)38-26-14-5-15-27-38)46(44)69-51(60)37-24-12-4-13-25-37/h2-31,41-48,54-56H,32-33H2,1H3/t41-,42-,43+,44-,45+,46+,47+,48+,54?,55+,56-/m1/s1. The number of ether oxygens (including phenoxy) is 11. The highest BCUT2D eigenvalue weighted by Gasteiger charge is 2.59. The van der Waals surface area contributed by atoms with E-state index in [2.05, 4.69) is 0 Å². The van der Waals surface area contributed by atoms with Crippen molar-refractivity contribution in [3.05, 3.63) is 215 Å². The Morgan fingerprint density at radius 1 is 0.425 bits per heavy atom. The third kappa shape index (κ3) is 12.2. The molecule has 3 fully saturated rings. The number of carbonyl (C=O) groups excluding carboxylic acids is 6. The molecule has 0 aliphatic carbocycles. The third-order valence-electron chi connectivity index (χ3n) is 11.9. The van der Waals surface area contributed by atoms with E-state index in [1.54, 1.807) is 115 Å². The van der Waals surface area contributed by atoms with Crippen molar-refractivity contribution >= 4 is 35.8 Å². The van der Waals surface area contributed by atoms with E-state index < -0.39 is 110 Å². The summed E-state index contributed by atoms with van der Waals surface area (Å²) >= 11 is 0. The summed E-state index contributed by atoms with van der Waals surface area (Å²) in [7, 11) is 0. The van der Waals surface area contributed by atoms with Crippen LogP contribution >= 0.6 is 0 Å². The van der Waals surface area contributed by atoms with Gasteiger partial charge in [0.05, 0.1) is 34.4 Å². The van der Waals surface area contributed by atoms with E-state index in [4.69, 9.17) is 52.1 Å². The predicted molar refractivity (Wildman–Crippen MR) is 253 cm³/mol. The van der Waals surface area contributed by atoms with E-state index in [0.29, 0.717) is 5.56 Å². The first kappa shape index (κ1) is 49.9. The van der Waals surface area contributed by atoms with Gasteiger partial charge < -0.3 is 52.1 Å². The monoisotopic (exact) mass is 992 g/mol. The minimum absolute atomic E-state index is 0.0534. The van der Waals surface area contributed by atoms with Crippen LogP contribution in [0.25, 0.3) is 0 Å². The zero-order chi connectivity index (χ0) is 50.7. The lowest BCUT2D eigenvalue weighted by Gasteiger charge is -2.50. The number of hydrogen-bond donors (Lipinski definition) is 0. The molecule has 0 spiro atoms. The first-order chi connectivity index (χ1) is 35.6. The van der Waals surface area contributed by atoms with Crippen LogP contribution in [-0.2, 0) is 56.9 Å². The van der Waals surface area contributed by atoms with Crippen LogP contribution in [0.1, 0.15) is 70.6 Å². The van der Waals surface area contributed by atoms with Crippen LogP contribution in [0.15, 0.2) is 182 Å². The highest BCUT2D eigenvalue weighted by molar-refractivity contribution is 5.92. The van der Waals surface area contributed by atoms with Crippen molar-refractivity contribution in [1.29, 1.82) is 0 Å². The van der Waals surface area contributed by atoms with E-state index in [0.717, 1.165) is 6.92 Å². The van der Waals surface area contributed by atoms with Gasteiger partial charge in [-0.15, -0.1) is 0 Å². The number of benzene rings is 6. The fourth-order valence-electron chi connectivity index (χ4n) is 8.43. The topological polar surface area (TPSA) is 204 Å². The Morgan fingerprint density at radius 3 is 1.32 bits per heavy atom. The van der Waals surface area contributed by atoms with Gasteiger partial charge in [-0.2, -0.15) is 0 Å². The molecule has 0 aromatic heterocycles. The first-order valence-electron chi connectivity index (χ1n) is 23.3. The summed E-state index contributed by atoms with van der Waals surface area (Å²) in [6.45, 7) is 0.281. The molecule has 17 heteroatoms. The zero-order valence-electron chi connectivity index (χ0n) is 39.0. The van der Waals surface area contributed by atoms with E-state index in [-0.39, 0.29) is 34.4 Å². The summed E-state index contributed by atoms with van der Waals surface area (Å²) in [6, 6.07) is 48.6. The van der Waals surface area contributed by atoms with Crippen LogP contribution in [0.5, 0.6) is 0 Å². The number of esters is 6. The molecule has 6 aromatic carbocycles. The molecule has 9 rings (SSSR count). The van der Waals surface area contributed by atoms with Gasteiger partial charge in [0.15, 0.2) is 30.9 Å². The van der Waals surface area contributed by atoms with Crippen molar-refractivity contribution in [3.8, 4) is 0 Å². The Labute approximate surface area is 418 Å². The molecule has 73 heavy (non-hydrogen) atoms. The Hall–Kier alpha value is -8.06. The van der Waals surface area contributed by atoms with Gasteiger partial charge in [0.2, 0.25) is 12.4 Å². The Balaban J connectivity index is 1.15. The van der Waals surface area contributed by atoms with Gasteiger partial charge in [0.25, 0.3) is 0 Å². The number of hydrogen-bond acceptors (Lipinski definition) is 17. The summed E-state index contributed by atoms with van der Waals surface area (Å²) in [6.07, 6.45) is -17.0. The first-order valence-corrected chi connectivity index (χ1v) is 23.3. The summed E-state index contributed by atoms with van der Waals surface area (Å²) < 4.78 is 69.0. The molecule has 3 heterocycles. The van der Waals surface area contributed by atoms with Gasteiger partial charge in [-0.05, 0) is 60.7 Å². The van der Waals surface area contributed by atoms with Crippen molar-refractivity contribution in [1.82, 2.24) is 0 Å². The van der Waals surface area contributed by atoms with Crippen LogP contribution in [0.4, 0.5) is 0 Å². The zero-order valence-corrected chi connectivity index (χ0v) is 39.0. The SMILES string of the molecule is CC(=O)O[C@@H]1[C@H](O[C@H]2[C@H](OC(=O)c3ccccc3)[C@H](OC(=O)c3ccccc3)[C@@H](OC(=O)c3ccccc3)O[C@@H]2COC(=O)c2ccccc2)O[C@@H]2COC(c3ccccc3)O[C@@H]2[C@@H]1OC(=O)c1ccccc1. The van der Waals surface area contributed by atoms with E-state index in [9.17, 15) is 28.8 Å². The molecule has 0 saturated carbocycles. The van der Waals surface area contributed by atoms with Crippen molar-refractivity contribution < 1.29 is 80.9 Å². The molecule has 0 radical (unpaired) electrons. The lowest BCUT2D eigenvalue weighted by Crippen LogP contribution is -2.68. The number of carbonyl (C=O) groups is 6. The highest BCUT2D eigenvalue weighted by Crippen LogP contribution is 2.40. The predicted octanol–water partition coefficient (Wildman–Crippen LogP) is 7.26. The quantitative estimate of drug-likeness (QED) is 0.0734. The van der Waals surface area contributed by atoms with Gasteiger partial charge in [-0.3, -0.25) is 4.79 Å². The Kier molecular flexibility index (Phi) is 16.0. The van der Waals surface area contributed by atoms with Gasteiger partial charge >= 0.3 is 35.8 Å². The molecule has 0 bridgehead atoms. The minimum Gasteiger partial charge on any atom is -0.459 e. The normalized spacial score (nSPS) is 25.4. The fraction of sp³-hybridized carbons (Fsp3) is 0.250. The maximum atomic E-state index is 14.4. The molecule has 11 atom stereocenters. The molecule has 3 saturated heterocycles. The molecule has 0 N–H and O–H groups in total. The molecular weight excluding hydrogens is 945 g/mol. The van der Waals surface area contributed by atoms with Crippen molar-refractivity contribution in [2.24, 2.45) is 0 Å². The molecule has 374 valence electrons. The Morgan fingerprint density at radius 2 is 0.836 bits per heavy atom. The molecule has 6 aromatic rings. The molecule has 3 aliphatic heterocycles. The Bertz CT molecular complexity index is 2820. The van der Waals surface area contributed by atoms with Crippen molar-refractivity contribution in [2.45, 2.75) is 74.6 Å². The highest BCUT2D eigenvalue weighted by atomic mass is 16.8. The van der Waals surface area contributed by atoms with Gasteiger partial charge in [-0.1, -0.05) is 121 Å². The summed E-state index contributed by atoms with van der Waals surface area (Å²) in [5.41, 5.74) is 1.15. The number of fused-ring (bicyclic) bond motifs is 1. The summed E-state index contributed by atoms with van der Waals surface area (Å²) in [5.74, 6) is -5.29. The molecule has 0 amide bonds. The molecule has 3 aliphatic rings. The van der Waals surface area contributed by atoms with E-state index in [1.807, 2.05) is 6.07 Å². The average Bonchev–Trinajstić information content (AvgIpc) is 3.43. The smallest absolute Gasteiger partial charge is 0.340 e. The fourth-order valence-corrected chi connectivity index (χ4v) is 8.43. The van der Waals surface area contributed by atoms with E-state index >= 15 is 0 Å². The lowest BCUT2D eigenvalue weighted by molar-refractivity contribution is -0.382. The van der Waals surface area contributed by atoms with Crippen LogP contribution in [-0.4, -0.2) is 110 Å². The maximum absolute atomic E-state index is 14.4. The van der Waals surface area contributed by atoms with Gasteiger partial charge in [0, 0.05) is 12.5 Å². The van der Waals surface area contributed by atoms with E-state index in [1.165, 1.54) is 60.7 Å². The second kappa shape index (κ2) is 23.4. The van der Waals surface area contributed by atoms with Crippen LogP contribution < -0.4 is 0 Å². The lowest BCUT2D eigenvalue weighted by atomic mass is 9.95.